The van der Waals surface area contributed by atoms with E-state index in [1.807, 2.05) is 13.8 Å². The van der Waals surface area contributed by atoms with Crippen LogP contribution in [0, 0.1) is 5.92 Å². The highest BCUT2D eigenvalue weighted by Crippen LogP contribution is 2.14. The number of carbonyl (C=O) groups is 2. The third-order valence-corrected chi connectivity index (χ3v) is 4.67. The highest BCUT2D eigenvalue weighted by molar-refractivity contribution is 7.89. The average molecular weight is 306 g/mol. The fourth-order valence-corrected chi connectivity index (χ4v) is 3.42. The lowest BCUT2D eigenvalue weighted by atomic mass is 10.0. The van der Waals surface area contributed by atoms with Crippen molar-refractivity contribution in [1.82, 2.24) is 9.62 Å². The van der Waals surface area contributed by atoms with E-state index in [0.717, 1.165) is 0 Å². The summed E-state index contributed by atoms with van der Waals surface area (Å²) in [5.74, 6) is -1.52. The number of nitrogens with one attached hydrogen (secondary N) is 1. The molecule has 0 spiro atoms. The Balaban J connectivity index is 2.42. The molecule has 1 rings (SSSR count). The number of likely N-dealkylation sites (tertiary alicyclic amines) is 1. The van der Waals surface area contributed by atoms with Crippen LogP contribution in [-0.4, -0.2) is 55.2 Å². The van der Waals surface area contributed by atoms with Crippen LogP contribution < -0.4 is 4.72 Å². The highest BCUT2D eigenvalue weighted by atomic mass is 32.2. The summed E-state index contributed by atoms with van der Waals surface area (Å²) in [6.07, 6.45) is 0.718. The van der Waals surface area contributed by atoms with E-state index in [1.165, 1.54) is 0 Å². The Hall–Kier alpha value is -1.15. The van der Waals surface area contributed by atoms with Gasteiger partial charge in [-0.25, -0.2) is 13.1 Å². The first-order valence-electron chi connectivity index (χ1n) is 6.72. The molecular formula is C12H22N2O5S. The third kappa shape index (κ3) is 5.46. The maximum Gasteiger partial charge on any atom is 0.304 e. The largest absolute Gasteiger partial charge is 0.481 e. The summed E-state index contributed by atoms with van der Waals surface area (Å²) in [6.45, 7) is 4.73. The van der Waals surface area contributed by atoms with E-state index < -0.39 is 28.2 Å². The SMILES string of the molecule is CC(C)C(=O)N1CCC(NS(=O)(=O)CCC(=O)O)CC1. The minimum atomic E-state index is -3.56. The second-order valence-corrected chi connectivity index (χ2v) is 7.21. The lowest BCUT2D eigenvalue weighted by molar-refractivity contribution is -0.137. The molecular weight excluding hydrogens is 284 g/mol. The van der Waals surface area contributed by atoms with E-state index in [2.05, 4.69) is 4.72 Å². The van der Waals surface area contributed by atoms with Crippen LogP contribution in [0.25, 0.3) is 0 Å². The van der Waals surface area contributed by atoms with Crippen molar-refractivity contribution in [3.8, 4) is 0 Å². The number of hydrogen-bond donors (Lipinski definition) is 2. The monoisotopic (exact) mass is 306 g/mol. The molecule has 1 heterocycles. The summed E-state index contributed by atoms with van der Waals surface area (Å²) in [5, 5.41) is 8.49. The van der Waals surface area contributed by atoms with Crippen LogP contribution >= 0.6 is 0 Å². The van der Waals surface area contributed by atoms with Crippen molar-refractivity contribution in [2.45, 2.75) is 39.2 Å². The Morgan fingerprint density at radius 3 is 2.30 bits per heavy atom. The summed E-state index contributed by atoms with van der Waals surface area (Å²) in [4.78, 5) is 23.9. The molecule has 2 N–H and O–H groups in total. The van der Waals surface area contributed by atoms with Gasteiger partial charge >= 0.3 is 5.97 Å². The molecule has 20 heavy (non-hydrogen) atoms. The molecule has 0 aromatic carbocycles. The van der Waals surface area contributed by atoms with Gasteiger partial charge in [-0.3, -0.25) is 9.59 Å². The van der Waals surface area contributed by atoms with Crippen molar-refractivity contribution >= 4 is 21.9 Å². The molecule has 1 amide bonds. The van der Waals surface area contributed by atoms with Gasteiger partial charge in [0, 0.05) is 25.0 Å². The molecule has 1 fully saturated rings. The van der Waals surface area contributed by atoms with Crippen molar-refractivity contribution in [2.24, 2.45) is 5.92 Å². The first-order chi connectivity index (χ1) is 9.21. The van der Waals surface area contributed by atoms with Crippen LogP contribution in [0.1, 0.15) is 33.1 Å². The van der Waals surface area contributed by atoms with Crippen molar-refractivity contribution in [1.29, 1.82) is 0 Å². The quantitative estimate of drug-likeness (QED) is 0.720. The maximum atomic E-state index is 11.8. The fourth-order valence-electron chi connectivity index (χ4n) is 2.12. The zero-order valence-corrected chi connectivity index (χ0v) is 12.6. The zero-order chi connectivity index (χ0) is 15.3. The molecule has 0 atom stereocenters. The second kappa shape index (κ2) is 7.03. The van der Waals surface area contributed by atoms with Crippen LogP contribution in [0.15, 0.2) is 0 Å². The number of nitrogens with zero attached hydrogens (tertiary/aromatic N) is 1. The van der Waals surface area contributed by atoms with E-state index in [0.29, 0.717) is 25.9 Å². The van der Waals surface area contributed by atoms with Gasteiger partial charge in [0.05, 0.1) is 12.2 Å². The van der Waals surface area contributed by atoms with E-state index in [1.54, 1.807) is 4.90 Å². The first-order valence-corrected chi connectivity index (χ1v) is 8.37. The normalized spacial score (nSPS) is 17.4. The van der Waals surface area contributed by atoms with Gasteiger partial charge in [-0.2, -0.15) is 0 Å². The molecule has 0 unspecified atom stereocenters. The Morgan fingerprint density at radius 1 is 1.30 bits per heavy atom. The van der Waals surface area contributed by atoms with Crippen LogP contribution in [0.5, 0.6) is 0 Å². The molecule has 7 nitrogen and oxygen atoms in total. The van der Waals surface area contributed by atoms with Gasteiger partial charge in [0.2, 0.25) is 15.9 Å². The summed E-state index contributed by atoms with van der Waals surface area (Å²) < 4.78 is 25.9. The van der Waals surface area contributed by atoms with Crippen molar-refractivity contribution in [3.05, 3.63) is 0 Å². The fraction of sp³-hybridized carbons (Fsp3) is 0.833. The summed E-state index contributed by atoms with van der Waals surface area (Å²) in [7, 11) is -3.56. The van der Waals surface area contributed by atoms with Crippen molar-refractivity contribution in [2.75, 3.05) is 18.8 Å². The second-order valence-electron chi connectivity index (χ2n) is 5.33. The lowest BCUT2D eigenvalue weighted by Crippen LogP contribution is -2.48. The Bertz CT molecular complexity index is 452. The minimum Gasteiger partial charge on any atom is -0.481 e. The number of sulfonamides is 1. The van der Waals surface area contributed by atoms with Crippen LogP contribution in [0.3, 0.4) is 0 Å². The number of carbonyl (C=O) groups excluding carboxylic acids is 1. The smallest absolute Gasteiger partial charge is 0.304 e. The van der Waals surface area contributed by atoms with E-state index in [9.17, 15) is 18.0 Å². The van der Waals surface area contributed by atoms with Gasteiger partial charge in [0.1, 0.15) is 0 Å². The molecule has 1 saturated heterocycles. The average Bonchev–Trinajstić information content (AvgIpc) is 2.36. The molecule has 0 aromatic rings. The molecule has 0 bridgehead atoms. The number of carboxylic acid groups (broad SMARTS) is 1. The number of piperidine rings is 1. The highest BCUT2D eigenvalue weighted by Gasteiger charge is 2.26. The standard InChI is InChI=1S/C12H22N2O5S/c1-9(2)12(17)14-6-3-10(4-7-14)13-20(18,19)8-5-11(15)16/h9-10,13H,3-8H2,1-2H3,(H,15,16). The number of rotatable bonds is 6. The van der Waals surface area contributed by atoms with Crippen molar-refractivity contribution < 1.29 is 23.1 Å². The first kappa shape index (κ1) is 16.9. The maximum absolute atomic E-state index is 11.8. The molecule has 8 heteroatoms. The lowest BCUT2D eigenvalue weighted by Gasteiger charge is -2.33. The van der Waals surface area contributed by atoms with Crippen LogP contribution in [-0.2, 0) is 19.6 Å². The van der Waals surface area contributed by atoms with E-state index in [-0.39, 0.29) is 17.9 Å². The van der Waals surface area contributed by atoms with Crippen LogP contribution in [0.2, 0.25) is 0 Å². The molecule has 116 valence electrons. The zero-order valence-electron chi connectivity index (χ0n) is 11.8. The Kier molecular flexibility index (Phi) is 5.94. The summed E-state index contributed by atoms with van der Waals surface area (Å²) in [5.41, 5.74) is 0. The molecule has 0 aromatic heterocycles. The predicted octanol–water partition coefficient (Wildman–Crippen LogP) is 0.0275. The molecule has 0 saturated carbocycles. The van der Waals surface area contributed by atoms with Gasteiger partial charge in [-0.05, 0) is 12.8 Å². The van der Waals surface area contributed by atoms with Crippen molar-refractivity contribution in [3.63, 3.8) is 0 Å². The number of carboxylic acids is 1. The van der Waals surface area contributed by atoms with Gasteiger partial charge in [-0.15, -0.1) is 0 Å². The number of amides is 1. The van der Waals surface area contributed by atoms with Gasteiger partial charge in [0.15, 0.2) is 0 Å². The van der Waals surface area contributed by atoms with E-state index in [4.69, 9.17) is 5.11 Å². The predicted molar refractivity (Wildman–Crippen MR) is 73.6 cm³/mol. The minimum absolute atomic E-state index is 0.0567. The third-order valence-electron chi connectivity index (χ3n) is 3.23. The van der Waals surface area contributed by atoms with Gasteiger partial charge in [0.25, 0.3) is 0 Å². The molecule has 0 radical (unpaired) electrons. The number of hydrogen-bond acceptors (Lipinski definition) is 4. The molecule has 1 aliphatic heterocycles. The number of aliphatic carboxylic acids is 1. The summed E-state index contributed by atoms with van der Waals surface area (Å²) >= 11 is 0. The van der Waals surface area contributed by atoms with Gasteiger partial charge in [-0.1, -0.05) is 13.8 Å². The molecule has 0 aliphatic carbocycles. The Morgan fingerprint density at radius 2 is 1.85 bits per heavy atom. The summed E-state index contributed by atoms with van der Waals surface area (Å²) in [6, 6.07) is -0.218. The topological polar surface area (TPSA) is 104 Å². The van der Waals surface area contributed by atoms with E-state index >= 15 is 0 Å². The Labute approximate surface area is 119 Å². The molecule has 1 aliphatic rings. The van der Waals surface area contributed by atoms with Crippen LogP contribution in [0.4, 0.5) is 0 Å². The van der Waals surface area contributed by atoms with Gasteiger partial charge < -0.3 is 10.0 Å².